The summed E-state index contributed by atoms with van der Waals surface area (Å²) in [6.45, 7) is 11.5. The van der Waals surface area contributed by atoms with Gasteiger partial charge in [0.25, 0.3) is 0 Å². The quantitative estimate of drug-likeness (QED) is 0.811. The van der Waals surface area contributed by atoms with Crippen LogP contribution in [-0.4, -0.2) is 34.6 Å². The maximum atomic E-state index is 13.1. The molecular weight excluding hydrogens is 274 g/mol. The van der Waals surface area contributed by atoms with E-state index in [0.717, 1.165) is 12.8 Å². The molecule has 0 aliphatic carbocycles. The lowest BCUT2D eigenvalue weighted by Crippen LogP contribution is -2.44. The summed E-state index contributed by atoms with van der Waals surface area (Å²) in [5.41, 5.74) is 1.26. The molecule has 5 nitrogen and oxygen atoms in total. The molecule has 1 heterocycles. The third-order valence-electron chi connectivity index (χ3n) is 4.03. The summed E-state index contributed by atoms with van der Waals surface area (Å²) in [7, 11) is -1.74. The minimum absolute atomic E-state index is 0.0195. The number of aryl methyl sites for hydroxylation is 2. The number of rotatable bonds is 6. The highest BCUT2D eigenvalue weighted by atomic mass is 32.2. The van der Waals surface area contributed by atoms with E-state index in [-0.39, 0.29) is 12.1 Å². The zero-order valence-corrected chi connectivity index (χ0v) is 14.5. The molecule has 0 N–H and O–H groups in total. The van der Waals surface area contributed by atoms with Gasteiger partial charge in [-0.1, -0.05) is 13.8 Å². The van der Waals surface area contributed by atoms with Crippen molar-refractivity contribution in [1.29, 1.82) is 0 Å². The molecule has 0 aromatic carbocycles. The Kier molecular flexibility index (Phi) is 5.38. The SMILES string of the molecule is CCC(C)N(C(C)CC)S(=O)(=O)c1c(C)nn(C)c1C. The molecule has 1 aromatic heterocycles. The van der Waals surface area contributed by atoms with E-state index >= 15 is 0 Å². The molecular formula is C14H27N3O2S. The molecule has 0 aliphatic rings. The summed E-state index contributed by atoms with van der Waals surface area (Å²) < 4.78 is 29.4. The Bertz CT molecular complexity index is 553. The lowest BCUT2D eigenvalue weighted by molar-refractivity contribution is 0.262. The molecule has 2 atom stereocenters. The number of nitrogens with zero attached hydrogens (tertiary/aromatic N) is 3. The van der Waals surface area contributed by atoms with Gasteiger partial charge in [-0.2, -0.15) is 9.40 Å². The van der Waals surface area contributed by atoms with E-state index in [0.29, 0.717) is 16.3 Å². The Morgan fingerprint density at radius 2 is 1.60 bits per heavy atom. The lowest BCUT2D eigenvalue weighted by atomic mass is 10.2. The third-order valence-corrected chi connectivity index (χ3v) is 6.41. The Morgan fingerprint density at radius 3 is 1.90 bits per heavy atom. The standard InChI is InChI=1S/C14H27N3O2S/c1-8-10(3)17(11(4)9-2)20(18,19)14-12(5)15-16(7)13(14)6/h10-11H,8-9H2,1-7H3. The Balaban J connectivity index is 3.44. The Labute approximate surface area is 123 Å². The van der Waals surface area contributed by atoms with Crippen LogP contribution in [0.3, 0.4) is 0 Å². The molecule has 0 radical (unpaired) electrons. The highest BCUT2D eigenvalue weighted by Gasteiger charge is 2.35. The predicted molar refractivity (Wildman–Crippen MR) is 81.2 cm³/mol. The van der Waals surface area contributed by atoms with Crippen LogP contribution in [0.4, 0.5) is 0 Å². The van der Waals surface area contributed by atoms with E-state index in [1.807, 2.05) is 27.7 Å². The molecule has 0 saturated carbocycles. The van der Waals surface area contributed by atoms with Crippen LogP contribution in [0.15, 0.2) is 4.90 Å². The van der Waals surface area contributed by atoms with Crippen molar-refractivity contribution in [3.05, 3.63) is 11.4 Å². The smallest absolute Gasteiger partial charge is 0.247 e. The first-order chi connectivity index (χ1) is 9.18. The van der Waals surface area contributed by atoms with E-state index in [2.05, 4.69) is 5.10 Å². The van der Waals surface area contributed by atoms with Crippen LogP contribution in [0.25, 0.3) is 0 Å². The molecule has 0 bridgehead atoms. The highest BCUT2D eigenvalue weighted by Crippen LogP contribution is 2.27. The van der Waals surface area contributed by atoms with Gasteiger partial charge in [-0.05, 0) is 40.5 Å². The van der Waals surface area contributed by atoms with Crippen LogP contribution in [0.5, 0.6) is 0 Å². The first-order valence-corrected chi connectivity index (χ1v) is 8.66. The fraction of sp³-hybridized carbons (Fsp3) is 0.786. The molecule has 0 fully saturated rings. The summed E-state index contributed by atoms with van der Waals surface area (Å²) in [4.78, 5) is 0.362. The number of sulfonamides is 1. The molecule has 1 rings (SSSR count). The molecule has 0 spiro atoms. The van der Waals surface area contributed by atoms with E-state index in [9.17, 15) is 8.42 Å². The van der Waals surface area contributed by atoms with Crippen LogP contribution < -0.4 is 0 Å². The van der Waals surface area contributed by atoms with Crippen molar-refractivity contribution < 1.29 is 8.42 Å². The van der Waals surface area contributed by atoms with E-state index in [1.54, 1.807) is 29.9 Å². The number of aromatic nitrogens is 2. The highest BCUT2D eigenvalue weighted by molar-refractivity contribution is 7.89. The van der Waals surface area contributed by atoms with Crippen molar-refractivity contribution in [2.75, 3.05) is 0 Å². The van der Waals surface area contributed by atoms with Gasteiger partial charge in [0.15, 0.2) is 0 Å². The minimum atomic E-state index is -3.51. The maximum absolute atomic E-state index is 13.1. The first-order valence-electron chi connectivity index (χ1n) is 7.22. The molecule has 6 heteroatoms. The topological polar surface area (TPSA) is 55.2 Å². The van der Waals surface area contributed by atoms with Crippen LogP contribution in [-0.2, 0) is 17.1 Å². The fourth-order valence-corrected chi connectivity index (χ4v) is 4.88. The molecule has 20 heavy (non-hydrogen) atoms. The minimum Gasteiger partial charge on any atom is -0.271 e. The summed E-state index contributed by atoms with van der Waals surface area (Å²) in [6.07, 6.45) is 1.59. The predicted octanol–water partition coefficient (Wildman–Crippen LogP) is 2.62. The van der Waals surface area contributed by atoms with Crippen LogP contribution in [0, 0.1) is 13.8 Å². The van der Waals surface area contributed by atoms with Crippen molar-refractivity contribution in [2.45, 2.75) is 71.4 Å². The van der Waals surface area contributed by atoms with Gasteiger partial charge in [-0.15, -0.1) is 0 Å². The Hall–Kier alpha value is -0.880. The lowest BCUT2D eigenvalue weighted by Gasteiger charge is -2.32. The van der Waals surface area contributed by atoms with Gasteiger partial charge >= 0.3 is 0 Å². The van der Waals surface area contributed by atoms with Crippen molar-refractivity contribution >= 4 is 10.0 Å². The molecule has 0 amide bonds. The zero-order valence-electron chi connectivity index (χ0n) is 13.6. The van der Waals surface area contributed by atoms with Crippen molar-refractivity contribution in [3.8, 4) is 0 Å². The monoisotopic (exact) mass is 301 g/mol. The summed E-state index contributed by atoms with van der Waals surface area (Å²) in [6, 6.07) is -0.0390. The van der Waals surface area contributed by atoms with Gasteiger partial charge in [0.2, 0.25) is 10.0 Å². The largest absolute Gasteiger partial charge is 0.271 e. The van der Waals surface area contributed by atoms with E-state index in [4.69, 9.17) is 0 Å². The maximum Gasteiger partial charge on any atom is 0.247 e. The van der Waals surface area contributed by atoms with Gasteiger partial charge < -0.3 is 0 Å². The fourth-order valence-electron chi connectivity index (χ4n) is 2.50. The second-order valence-electron chi connectivity index (χ2n) is 5.47. The number of hydrogen-bond donors (Lipinski definition) is 0. The Morgan fingerprint density at radius 1 is 1.15 bits per heavy atom. The number of hydrogen-bond acceptors (Lipinski definition) is 3. The van der Waals surface area contributed by atoms with Gasteiger partial charge in [0.1, 0.15) is 4.90 Å². The van der Waals surface area contributed by atoms with Gasteiger partial charge in [0, 0.05) is 19.1 Å². The van der Waals surface area contributed by atoms with Crippen molar-refractivity contribution in [3.63, 3.8) is 0 Å². The summed E-state index contributed by atoms with van der Waals surface area (Å²) >= 11 is 0. The van der Waals surface area contributed by atoms with Crippen LogP contribution in [0.2, 0.25) is 0 Å². The van der Waals surface area contributed by atoms with Gasteiger partial charge in [0.05, 0.1) is 11.4 Å². The molecule has 116 valence electrons. The molecule has 1 aromatic rings. The first kappa shape index (κ1) is 17.2. The second kappa shape index (κ2) is 6.26. The molecule has 0 saturated heterocycles. The van der Waals surface area contributed by atoms with E-state index < -0.39 is 10.0 Å². The normalized spacial score (nSPS) is 15.6. The summed E-state index contributed by atoms with van der Waals surface area (Å²) in [5, 5.41) is 4.24. The van der Waals surface area contributed by atoms with Crippen LogP contribution >= 0.6 is 0 Å². The van der Waals surface area contributed by atoms with E-state index in [1.165, 1.54) is 0 Å². The van der Waals surface area contributed by atoms with Crippen LogP contribution in [0.1, 0.15) is 51.9 Å². The summed E-state index contributed by atoms with van der Waals surface area (Å²) in [5.74, 6) is 0. The average Bonchev–Trinajstić information content (AvgIpc) is 2.62. The van der Waals surface area contributed by atoms with Crippen molar-refractivity contribution in [1.82, 2.24) is 14.1 Å². The third kappa shape index (κ3) is 2.91. The van der Waals surface area contributed by atoms with Crippen molar-refractivity contribution in [2.24, 2.45) is 7.05 Å². The molecule has 0 aliphatic heterocycles. The van der Waals surface area contributed by atoms with Gasteiger partial charge in [-0.3, -0.25) is 4.68 Å². The van der Waals surface area contributed by atoms with Gasteiger partial charge in [-0.25, -0.2) is 8.42 Å². The second-order valence-corrected chi connectivity index (χ2v) is 7.25. The average molecular weight is 301 g/mol. The zero-order chi connectivity index (χ0) is 15.7. The molecule has 2 unspecified atom stereocenters.